The quantitative estimate of drug-likeness (QED) is 0.498. The van der Waals surface area contributed by atoms with E-state index in [0.717, 1.165) is 48.3 Å². The first-order chi connectivity index (χ1) is 13.1. The first-order valence-electron chi connectivity index (χ1n) is 9.19. The van der Waals surface area contributed by atoms with Crippen molar-refractivity contribution in [2.24, 2.45) is 0 Å². The number of unbranched alkanes of at least 4 members (excludes halogenated alkanes) is 1. The van der Waals surface area contributed by atoms with Gasteiger partial charge in [-0.2, -0.15) is 10.1 Å². The van der Waals surface area contributed by atoms with E-state index >= 15 is 0 Å². The number of hydrogen-bond acceptors (Lipinski definition) is 7. The number of methoxy groups -OCH3 is 1. The topological polar surface area (TPSA) is 103 Å². The summed E-state index contributed by atoms with van der Waals surface area (Å²) in [5.74, 6) is 1.76. The fraction of sp³-hybridized carbons (Fsp3) is 0.421. The van der Waals surface area contributed by atoms with Crippen LogP contribution in [-0.2, 0) is 13.1 Å². The minimum absolute atomic E-state index is 0.245. The van der Waals surface area contributed by atoms with Gasteiger partial charge in [-0.1, -0.05) is 19.4 Å². The highest BCUT2D eigenvalue weighted by Gasteiger charge is 2.12. The van der Waals surface area contributed by atoms with Gasteiger partial charge in [0.25, 0.3) is 0 Å². The molecule has 0 spiro atoms. The van der Waals surface area contributed by atoms with E-state index in [-0.39, 0.29) is 5.95 Å². The van der Waals surface area contributed by atoms with Gasteiger partial charge in [0.05, 0.1) is 19.9 Å². The van der Waals surface area contributed by atoms with E-state index in [1.54, 1.807) is 7.11 Å². The van der Waals surface area contributed by atoms with Crippen LogP contribution in [0.2, 0.25) is 0 Å². The molecule has 0 radical (unpaired) electrons. The minimum Gasteiger partial charge on any atom is -0.496 e. The lowest BCUT2D eigenvalue weighted by Crippen LogP contribution is -2.08. The molecule has 0 atom stereocenters. The molecule has 3 aromatic rings. The van der Waals surface area contributed by atoms with E-state index in [1.165, 1.54) is 5.56 Å². The van der Waals surface area contributed by atoms with Crippen molar-refractivity contribution >= 4 is 22.8 Å². The Balaban J connectivity index is 1.91. The average Bonchev–Trinajstić information content (AvgIpc) is 3.04. The Labute approximate surface area is 159 Å². The van der Waals surface area contributed by atoms with Crippen LogP contribution in [0, 0.1) is 0 Å². The van der Waals surface area contributed by atoms with Gasteiger partial charge in [0.15, 0.2) is 11.3 Å². The Kier molecular flexibility index (Phi) is 6.08. The molecule has 0 aliphatic carbocycles. The molecule has 0 amide bonds. The van der Waals surface area contributed by atoms with Gasteiger partial charge in [0, 0.05) is 18.7 Å². The lowest BCUT2D eigenvalue weighted by Gasteiger charge is -2.11. The van der Waals surface area contributed by atoms with Crippen molar-refractivity contribution in [2.45, 2.75) is 32.9 Å². The van der Waals surface area contributed by atoms with Crippen molar-refractivity contribution in [3.63, 3.8) is 0 Å². The summed E-state index contributed by atoms with van der Waals surface area (Å²) in [7, 11) is 3.61. The highest BCUT2D eigenvalue weighted by molar-refractivity contribution is 5.85. The third-order valence-corrected chi connectivity index (χ3v) is 4.31. The van der Waals surface area contributed by atoms with E-state index in [1.807, 2.05) is 24.0 Å². The largest absolute Gasteiger partial charge is 0.496 e. The molecule has 0 bridgehead atoms. The predicted octanol–water partition coefficient (Wildman–Crippen LogP) is 2.40. The summed E-state index contributed by atoms with van der Waals surface area (Å²) in [5.41, 5.74) is 9.57. The Morgan fingerprint density at radius 2 is 2.11 bits per heavy atom. The molecule has 8 nitrogen and oxygen atoms in total. The first-order valence-corrected chi connectivity index (χ1v) is 9.19. The SMILES string of the molecule is CCCCNc1nc(N)nc2cn(Cc3cc(CNC)ccc3OC)nc12. The molecule has 0 aliphatic rings. The fourth-order valence-electron chi connectivity index (χ4n) is 3.01. The Hall–Kier alpha value is -2.87. The average molecular weight is 369 g/mol. The molecule has 2 aromatic heterocycles. The Morgan fingerprint density at radius 3 is 2.85 bits per heavy atom. The van der Waals surface area contributed by atoms with Crippen molar-refractivity contribution in [1.29, 1.82) is 0 Å². The van der Waals surface area contributed by atoms with Crippen LogP contribution in [0.15, 0.2) is 24.4 Å². The molecule has 0 saturated carbocycles. The number of nitrogens with zero attached hydrogens (tertiary/aromatic N) is 4. The second-order valence-electron chi connectivity index (χ2n) is 6.45. The minimum atomic E-state index is 0.245. The van der Waals surface area contributed by atoms with Gasteiger partial charge in [-0.05, 0) is 31.2 Å². The zero-order valence-corrected chi connectivity index (χ0v) is 16.1. The number of ether oxygens (including phenoxy) is 1. The van der Waals surface area contributed by atoms with Gasteiger partial charge in [0.2, 0.25) is 5.95 Å². The second-order valence-corrected chi connectivity index (χ2v) is 6.45. The third-order valence-electron chi connectivity index (χ3n) is 4.31. The van der Waals surface area contributed by atoms with Crippen LogP contribution in [0.25, 0.3) is 11.0 Å². The molecule has 1 aromatic carbocycles. The van der Waals surface area contributed by atoms with Crippen LogP contribution in [0.4, 0.5) is 11.8 Å². The molecule has 4 N–H and O–H groups in total. The van der Waals surface area contributed by atoms with E-state index in [0.29, 0.717) is 12.4 Å². The van der Waals surface area contributed by atoms with Crippen molar-refractivity contribution in [1.82, 2.24) is 25.1 Å². The Bertz CT molecular complexity index is 906. The van der Waals surface area contributed by atoms with E-state index in [9.17, 15) is 0 Å². The van der Waals surface area contributed by atoms with Crippen LogP contribution in [0.3, 0.4) is 0 Å². The summed E-state index contributed by atoms with van der Waals surface area (Å²) in [6.45, 7) is 4.35. The third kappa shape index (κ3) is 4.46. The number of fused-ring (bicyclic) bond motifs is 1. The van der Waals surface area contributed by atoms with Gasteiger partial charge in [-0.25, -0.2) is 4.98 Å². The van der Waals surface area contributed by atoms with Gasteiger partial charge < -0.3 is 21.1 Å². The number of benzene rings is 1. The predicted molar refractivity (Wildman–Crippen MR) is 108 cm³/mol. The number of nitrogen functional groups attached to an aromatic ring is 1. The van der Waals surface area contributed by atoms with Crippen LogP contribution < -0.4 is 21.1 Å². The molecule has 0 saturated heterocycles. The van der Waals surface area contributed by atoms with E-state index < -0.39 is 0 Å². The maximum absolute atomic E-state index is 5.86. The highest BCUT2D eigenvalue weighted by atomic mass is 16.5. The summed E-state index contributed by atoms with van der Waals surface area (Å²) in [4.78, 5) is 8.63. The maximum Gasteiger partial charge on any atom is 0.222 e. The van der Waals surface area contributed by atoms with E-state index in [4.69, 9.17) is 10.5 Å². The molecule has 0 fully saturated rings. The van der Waals surface area contributed by atoms with Crippen LogP contribution in [0.1, 0.15) is 30.9 Å². The number of hydrogen-bond donors (Lipinski definition) is 3. The molecular formula is C19H27N7O. The Morgan fingerprint density at radius 1 is 1.26 bits per heavy atom. The van der Waals surface area contributed by atoms with Gasteiger partial charge in [-0.3, -0.25) is 4.68 Å². The summed E-state index contributed by atoms with van der Waals surface area (Å²) in [6.07, 6.45) is 4.05. The summed E-state index contributed by atoms with van der Waals surface area (Å²) >= 11 is 0. The highest BCUT2D eigenvalue weighted by Crippen LogP contribution is 2.24. The number of anilines is 2. The van der Waals surface area contributed by atoms with Gasteiger partial charge in [-0.15, -0.1) is 0 Å². The van der Waals surface area contributed by atoms with Gasteiger partial charge in [0.1, 0.15) is 11.3 Å². The summed E-state index contributed by atoms with van der Waals surface area (Å²) in [6, 6.07) is 6.17. The molecule has 27 heavy (non-hydrogen) atoms. The molecule has 144 valence electrons. The lowest BCUT2D eigenvalue weighted by atomic mass is 10.1. The van der Waals surface area contributed by atoms with Crippen LogP contribution in [0.5, 0.6) is 5.75 Å². The van der Waals surface area contributed by atoms with Crippen molar-refractivity contribution in [3.05, 3.63) is 35.5 Å². The van der Waals surface area contributed by atoms with Crippen molar-refractivity contribution in [2.75, 3.05) is 31.8 Å². The number of nitrogens with one attached hydrogen (secondary N) is 2. The molecule has 3 rings (SSSR count). The lowest BCUT2D eigenvalue weighted by molar-refractivity contribution is 0.407. The summed E-state index contributed by atoms with van der Waals surface area (Å²) < 4.78 is 7.36. The van der Waals surface area contributed by atoms with Crippen LogP contribution in [-0.4, -0.2) is 40.5 Å². The zero-order chi connectivity index (χ0) is 19.2. The smallest absolute Gasteiger partial charge is 0.222 e. The number of rotatable bonds is 9. The fourth-order valence-corrected chi connectivity index (χ4v) is 3.01. The number of nitrogens with two attached hydrogens (primary N) is 1. The van der Waals surface area contributed by atoms with Crippen molar-refractivity contribution < 1.29 is 4.74 Å². The summed E-state index contributed by atoms with van der Waals surface area (Å²) in [5, 5.41) is 11.2. The van der Waals surface area contributed by atoms with Crippen LogP contribution >= 0.6 is 0 Å². The maximum atomic E-state index is 5.86. The number of aromatic nitrogens is 4. The monoisotopic (exact) mass is 369 g/mol. The standard InChI is InChI=1S/C19H27N7O/c1-4-5-8-22-18-17-15(23-19(20)24-18)12-26(25-17)11-14-9-13(10-21-2)6-7-16(14)27-3/h6-7,9,12,21H,4-5,8,10-11H2,1-3H3,(H3,20,22,23,24). The molecular weight excluding hydrogens is 342 g/mol. The first kappa shape index (κ1) is 18.9. The second kappa shape index (κ2) is 8.68. The normalized spacial score (nSPS) is 11.1. The molecule has 8 heteroatoms. The molecule has 2 heterocycles. The zero-order valence-electron chi connectivity index (χ0n) is 16.1. The molecule has 0 aliphatic heterocycles. The van der Waals surface area contributed by atoms with E-state index in [2.05, 4.69) is 44.8 Å². The molecule has 0 unspecified atom stereocenters. The van der Waals surface area contributed by atoms with Gasteiger partial charge >= 0.3 is 0 Å². The van der Waals surface area contributed by atoms with Crippen molar-refractivity contribution in [3.8, 4) is 5.75 Å².